The Morgan fingerprint density at radius 3 is 1.26 bits per heavy atom. The van der Waals surface area contributed by atoms with Gasteiger partial charge in [0.15, 0.2) is 10.2 Å². The number of halogens is 6. The van der Waals surface area contributed by atoms with Crippen LogP contribution in [0.5, 0.6) is 0 Å². The van der Waals surface area contributed by atoms with Crippen molar-refractivity contribution in [1.82, 2.24) is 39.8 Å². The molecule has 4 rings (SSSR count). The molecule has 0 aromatic carbocycles. The molecule has 2 amide bonds. The maximum Gasteiger partial charge on any atom is 3.00 e. The monoisotopic (exact) mass is 768 g/mol. The van der Waals surface area contributed by atoms with Gasteiger partial charge in [0, 0.05) is 64.8 Å². The summed E-state index contributed by atoms with van der Waals surface area (Å²) in [6, 6.07) is 0. The fourth-order valence-electron chi connectivity index (χ4n) is 3.60. The van der Waals surface area contributed by atoms with E-state index in [2.05, 4.69) is 30.1 Å². The average Bonchev–Trinajstić information content (AvgIpc) is 3.68. The van der Waals surface area contributed by atoms with Gasteiger partial charge >= 0.3 is 52.8 Å². The molecule has 46 heavy (non-hydrogen) atoms. The normalized spacial score (nSPS) is 15.8. The second kappa shape index (κ2) is 17.1. The van der Waals surface area contributed by atoms with E-state index < -0.39 is 7.81 Å². The number of likely N-dealkylation sites (tertiary alicyclic amines) is 2. The van der Waals surface area contributed by atoms with Crippen LogP contribution in [0.3, 0.4) is 0 Å². The van der Waals surface area contributed by atoms with Crippen LogP contribution in [0.4, 0.5) is 25.2 Å². The molecule has 4 heterocycles. The van der Waals surface area contributed by atoms with Gasteiger partial charge in [-0.25, -0.2) is 0 Å². The number of rotatable bonds is 4. The fourth-order valence-corrected chi connectivity index (χ4v) is 4.32. The van der Waals surface area contributed by atoms with Crippen LogP contribution in [-0.2, 0) is 9.59 Å². The summed E-state index contributed by atoms with van der Waals surface area (Å²) in [6.45, 7) is 6.39. The first-order chi connectivity index (χ1) is 20.8. The molecule has 2 aromatic heterocycles. The first-order valence-corrected chi connectivity index (χ1v) is 16.0. The molecule has 0 spiro atoms. The minimum Gasteiger partial charge on any atom is 3.00 e. The van der Waals surface area contributed by atoms with Gasteiger partial charge in [-0.1, -0.05) is 0 Å². The Labute approximate surface area is 284 Å². The van der Waals surface area contributed by atoms with Gasteiger partial charge in [-0.05, 0) is 50.1 Å². The van der Waals surface area contributed by atoms with E-state index in [1.807, 2.05) is 9.80 Å². The number of hydrogen-bond acceptors (Lipinski definition) is 10. The number of carbonyl (C=O) groups is 2. The van der Waals surface area contributed by atoms with Gasteiger partial charge in [-0.3, -0.25) is 29.5 Å². The van der Waals surface area contributed by atoms with Crippen molar-refractivity contribution in [2.45, 2.75) is 39.5 Å². The Hall–Kier alpha value is -3.13. The van der Waals surface area contributed by atoms with E-state index in [1.165, 1.54) is 36.3 Å². The molecule has 2 saturated heterocycles. The van der Waals surface area contributed by atoms with Crippen molar-refractivity contribution in [3.05, 3.63) is 48.6 Å². The Morgan fingerprint density at radius 2 is 1.02 bits per heavy atom. The molecule has 0 unspecified atom stereocenters. The molecule has 0 atom stereocenters. The molecular weight excluding hydrogens is 739 g/mol. The van der Waals surface area contributed by atoms with Gasteiger partial charge in [0.05, 0.1) is 24.8 Å². The zero-order chi connectivity index (χ0) is 33.7. The van der Waals surface area contributed by atoms with E-state index >= 15 is 0 Å². The topological polar surface area (TPSA) is 123 Å². The van der Waals surface area contributed by atoms with Crippen LogP contribution in [0.1, 0.15) is 50.9 Å². The molecule has 2 aromatic rings. The largest absolute Gasteiger partial charge is 3.00 e. The van der Waals surface area contributed by atoms with Gasteiger partial charge in [0.1, 0.15) is 11.4 Å². The van der Waals surface area contributed by atoms with Crippen LogP contribution in [0.15, 0.2) is 47.4 Å². The summed E-state index contributed by atoms with van der Waals surface area (Å²) in [4.78, 5) is 43.2. The van der Waals surface area contributed by atoms with Crippen molar-refractivity contribution >= 4 is 86.5 Å². The van der Waals surface area contributed by atoms with E-state index in [1.54, 1.807) is 37.2 Å². The average molecular weight is 769 g/mol. The molecule has 2 aliphatic heterocycles. The smallest absolute Gasteiger partial charge is 3.00 e. The van der Waals surface area contributed by atoms with Crippen LogP contribution in [0.25, 0.3) is 0 Å². The zero-order valence-electron chi connectivity index (χ0n) is 24.7. The number of aromatic nitrogens is 4. The summed E-state index contributed by atoms with van der Waals surface area (Å²) in [5.41, 5.74) is 1.16. The van der Waals surface area contributed by atoms with Crippen molar-refractivity contribution < 1.29 is 34.8 Å². The van der Waals surface area contributed by atoms with E-state index in [0.717, 1.165) is 51.9 Å². The molecular formula is C24H30F6GaN10O2PS2+2. The Bertz CT molecular complexity index is 1280. The summed E-state index contributed by atoms with van der Waals surface area (Å²) in [5.74, 6) is -0.422. The number of nitrogens with zero attached hydrogens (tertiary/aromatic N) is 10. The van der Waals surface area contributed by atoms with Crippen LogP contribution < -0.4 is 0 Å². The summed E-state index contributed by atoms with van der Waals surface area (Å²) in [5, 5.41) is 11.6. The second-order valence-corrected chi connectivity index (χ2v) is 12.0. The van der Waals surface area contributed by atoms with Crippen LogP contribution >= 0.6 is 32.2 Å². The first kappa shape index (κ1) is 40.9. The summed E-state index contributed by atoms with van der Waals surface area (Å²) in [6.07, 6.45) is 16.8. The maximum atomic E-state index is 11.6. The zero-order valence-corrected chi connectivity index (χ0v) is 29.6. The molecule has 2 aliphatic rings. The number of amides is 2. The summed E-state index contributed by atoms with van der Waals surface area (Å²) in [7, 11) is -10.7. The molecule has 0 aliphatic carbocycles. The van der Waals surface area contributed by atoms with Gasteiger partial charge in [0.2, 0.25) is 11.8 Å². The second-order valence-electron chi connectivity index (χ2n) is 9.32. The van der Waals surface area contributed by atoms with Crippen LogP contribution in [0.2, 0.25) is 0 Å². The van der Waals surface area contributed by atoms with Gasteiger partial charge in [-0.2, -0.15) is 20.2 Å². The molecule has 22 heteroatoms. The Kier molecular flexibility index (Phi) is 15.2. The van der Waals surface area contributed by atoms with E-state index in [0.29, 0.717) is 21.6 Å². The Morgan fingerprint density at radius 1 is 0.717 bits per heavy atom. The van der Waals surface area contributed by atoms with E-state index in [-0.39, 0.29) is 31.6 Å². The number of hydrazone groups is 2. The molecule has 0 bridgehead atoms. The van der Waals surface area contributed by atoms with E-state index in [4.69, 9.17) is 24.4 Å². The van der Waals surface area contributed by atoms with Gasteiger partial charge in [-0.15, -0.1) is 0 Å². The maximum absolute atomic E-state index is 11.6. The predicted octanol–water partition coefficient (Wildman–Crippen LogP) is 5.08. The SMILES string of the molecule is CC(=O)N(/N=C/c1cnccn1)C(=S)N1CCCC1.CC(=O)N(/N=C/c1cnccn1)C(=S)N1CCCC1.F[P-](F)(F)(F)(F)F.[Ga+3]. The van der Waals surface area contributed by atoms with Crippen molar-refractivity contribution in [1.29, 1.82) is 0 Å². The van der Waals surface area contributed by atoms with Crippen molar-refractivity contribution in [2.24, 2.45) is 10.2 Å². The molecule has 0 N–H and O–H groups in total. The van der Waals surface area contributed by atoms with Crippen LogP contribution in [-0.4, -0.2) is 120 Å². The third kappa shape index (κ3) is 17.5. The third-order valence-electron chi connectivity index (χ3n) is 5.49. The number of carbonyl (C=O) groups excluding carboxylic acids is 2. The fraction of sp³-hybridized carbons (Fsp3) is 0.417. The molecule has 12 nitrogen and oxygen atoms in total. The van der Waals surface area contributed by atoms with Crippen molar-refractivity contribution in [3.63, 3.8) is 0 Å². The van der Waals surface area contributed by atoms with Crippen LogP contribution in [0, 0.1) is 0 Å². The summed E-state index contributed by atoms with van der Waals surface area (Å²) < 4.78 is 59.2. The molecule has 0 saturated carbocycles. The number of thiocarbonyl (C=S) groups is 2. The van der Waals surface area contributed by atoms with Gasteiger partial charge in [0.25, 0.3) is 0 Å². The van der Waals surface area contributed by atoms with Gasteiger partial charge < -0.3 is 9.80 Å². The summed E-state index contributed by atoms with van der Waals surface area (Å²) >= 11 is 10.6. The standard InChI is InChI=1S/2C12H15N5OS.F6P.Ga/c2*1-10(18)17(12(19)16-6-2-3-7-16)15-9-11-8-13-4-5-14-11;1-7(2,3,4,5)6;/h2*4-5,8-9H,2-3,6-7H2,1H3;;/q;;-1;+3/b2*15-9+;;. The van der Waals surface area contributed by atoms with E-state index in [9.17, 15) is 34.8 Å². The van der Waals surface area contributed by atoms with Crippen molar-refractivity contribution in [3.8, 4) is 0 Å². The first-order valence-electron chi connectivity index (χ1n) is 13.2. The quantitative estimate of drug-likeness (QED) is 0.104. The molecule has 0 radical (unpaired) electrons. The third-order valence-corrected chi connectivity index (χ3v) is 6.35. The molecule has 2 fully saturated rings. The minimum absolute atomic E-state index is 0. The predicted molar refractivity (Wildman–Crippen MR) is 170 cm³/mol. The Balaban J connectivity index is 0.000000376. The number of hydrogen-bond donors (Lipinski definition) is 0. The minimum atomic E-state index is -10.7. The molecule has 248 valence electrons. The van der Waals surface area contributed by atoms with Crippen molar-refractivity contribution in [2.75, 3.05) is 26.2 Å².